The van der Waals surface area contributed by atoms with E-state index in [1.165, 1.54) is 5.56 Å². The van der Waals surface area contributed by atoms with Crippen molar-refractivity contribution < 1.29 is 0 Å². The first-order chi connectivity index (χ1) is 6.86. The summed E-state index contributed by atoms with van der Waals surface area (Å²) in [7, 11) is 1.76. The van der Waals surface area contributed by atoms with E-state index in [0.29, 0.717) is 0 Å². The Balaban J connectivity index is 0.00000196. The number of nitrogens with one attached hydrogen (secondary N) is 2. The Labute approximate surface area is 112 Å². The van der Waals surface area contributed by atoms with Gasteiger partial charge < -0.3 is 10.6 Å². The second kappa shape index (κ2) is 8.72. The standard InChI is InChI=1S/C10H15N3S.HI/c1-3-5-12-10(11-2)13-7-9-4-6-14-8-9;/h3-4,6,8H,1,5,7H2,2H3,(H2,11,12,13);1H. The van der Waals surface area contributed by atoms with Gasteiger partial charge in [0, 0.05) is 20.1 Å². The minimum Gasteiger partial charge on any atom is -0.353 e. The van der Waals surface area contributed by atoms with Crippen LogP contribution in [0.25, 0.3) is 0 Å². The molecule has 0 bridgehead atoms. The van der Waals surface area contributed by atoms with Crippen LogP contribution in [-0.4, -0.2) is 19.6 Å². The average molecular weight is 337 g/mol. The van der Waals surface area contributed by atoms with Gasteiger partial charge in [-0.25, -0.2) is 0 Å². The van der Waals surface area contributed by atoms with Gasteiger partial charge in [0.25, 0.3) is 0 Å². The molecule has 0 spiro atoms. The van der Waals surface area contributed by atoms with Gasteiger partial charge in [-0.2, -0.15) is 11.3 Å². The van der Waals surface area contributed by atoms with Crippen molar-refractivity contribution in [1.82, 2.24) is 10.6 Å². The quantitative estimate of drug-likeness (QED) is 0.383. The lowest BCUT2D eigenvalue weighted by atomic mass is 10.3. The van der Waals surface area contributed by atoms with E-state index in [-0.39, 0.29) is 24.0 Å². The Hall–Kier alpha value is -0.560. The lowest BCUT2D eigenvalue weighted by Gasteiger charge is -2.08. The van der Waals surface area contributed by atoms with Gasteiger partial charge in [-0.1, -0.05) is 6.08 Å². The van der Waals surface area contributed by atoms with E-state index in [2.05, 4.69) is 39.0 Å². The Morgan fingerprint density at radius 2 is 2.40 bits per heavy atom. The molecule has 1 rings (SSSR count). The summed E-state index contributed by atoms with van der Waals surface area (Å²) in [5.41, 5.74) is 1.27. The maximum atomic E-state index is 4.08. The van der Waals surface area contributed by atoms with Crippen LogP contribution >= 0.6 is 35.3 Å². The topological polar surface area (TPSA) is 36.4 Å². The molecule has 0 saturated heterocycles. The molecule has 0 atom stereocenters. The van der Waals surface area contributed by atoms with Gasteiger partial charge in [0.1, 0.15) is 0 Å². The number of hydrogen-bond acceptors (Lipinski definition) is 2. The first-order valence-corrected chi connectivity index (χ1v) is 5.37. The highest BCUT2D eigenvalue weighted by molar-refractivity contribution is 14.0. The van der Waals surface area contributed by atoms with Crippen LogP contribution in [0.1, 0.15) is 5.56 Å². The molecule has 0 aliphatic heterocycles. The molecule has 1 heterocycles. The molecular weight excluding hydrogens is 321 g/mol. The molecule has 84 valence electrons. The van der Waals surface area contributed by atoms with E-state index in [1.807, 2.05) is 0 Å². The Bertz CT molecular complexity index is 296. The summed E-state index contributed by atoms with van der Waals surface area (Å²) in [5, 5.41) is 10.5. The van der Waals surface area contributed by atoms with Crippen molar-refractivity contribution >= 4 is 41.3 Å². The lowest BCUT2D eigenvalue weighted by molar-refractivity contribution is 0.850. The summed E-state index contributed by atoms with van der Waals surface area (Å²) in [5.74, 6) is 0.802. The fourth-order valence-electron chi connectivity index (χ4n) is 0.968. The lowest BCUT2D eigenvalue weighted by Crippen LogP contribution is -2.36. The van der Waals surface area contributed by atoms with Crippen molar-refractivity contribution in [3.63, 3.8) is 0 Å². The number of hydrogen-bond donors (Lipinski definition) is 2. The highest BCUT2D eigenvalue weighted by Crippen LogP contribution is 2.04. The zero-order chi connectivity index (χ0) is 10.2. The largest absolute Gasteiger partial charge is 0.353 e. The molecule has 15 heavy (non-hydrogen) atoms. The summed E-state index contributed by atoms with van der Waals surface area (Å²) in [6.07, 6.45) is 1.80. The summed E-state index contributed by atoms with van der Waals surface area (Å²) in [6, 6.07) is 2.10. The van der Waals surface area contributed by atoms with E-state index in [0.717, 1.165) is 19.0 Å². The molecule has 0 fully saturated rings. The molecule has 0 saturated carbocycles. The van der Waals surface area contributed by atoms with Crippen molar-refractivity contribution in [1.29, 1.82) is 0 Å². The molecule has 1 aromatic heterocycles. The van der Waals surface area contributed by atoms with Gasteiger partial charge in [0.05, 0.1) is 0 Å². The van der Waals surface area contributed by atoms with Crippen LogP contribution in [0.15, 0.2) is 34.5 Å². The fourth-order valence-corrected chi connectivity index (χ4v) is 1.64. The molecule has 0 aliphatic rings. The maximum Gasteiger partial charge on any atom is 0.191 e. The molecule has 1 aromatic rings. The zero-order valence-electron chi connectivity index (χ0n) is 8.69. The first-order valence-electron chi connectivity index (χ1n) is 4.43. The van der Waals surface area contributed by atoms with Gasteiger partial charge in [-0.15, -0.1) is 30.6 Å². The highest BCUT2D eigenvalue weighted by atomic mass is 127. The molecule has 0 aliphatic carbocycles. The third-order valence-electron chi connectivity index (χ3n) is 1.68. The van der Waals surface area contributed by atoms with E-state index in [1.54, 1.807) is 24.5 Å². The maximum absolute atomic E-state index is 4.08. The number of guanidine groups is 1. The molecule has 0 unspecified atom stereocenters. The smallest absolute Gasteiger partial charge is 0.191 e. The van der Waals surface area contributed by atoms with Crippen LogP contribution in [0, 0.1) is 0 Å². The molecule has 0 amide bonds. The number of aliphatic imine (C=N–C) groups is 1. The van der Waals surface area contributed by atoms with Crippen LogP contribution in [-0.2, 0) is 6.54 Å². The second-order valence-electron chi connectivity index (χ2n) is 2.73. The average Bonchev–Trinajstić information content (AvgIpc) is 2.71. The molecule has 0 aromatic carbocycles. The first kappa shape index (κ1) is 14.4. The van der Waals surface area contributed by atoms with Crippen LogP contribution < -0.4 is 10.6 Å². The van der Waals surface area contributed by atoms with Crippen molar-refractivity contribution in [2.24, 2.45) is 4.99 Å². The van der Waals surface area contributed by atoms with Gasteiger partial charge in [0.15, 0.2) is 5.96 Å². The molecule has 0 radical (unpaired) electrons. The molecule has 3 nitrogen and oxygen atoms in total. The van der Waals surface area contributed by atoms with E-state index in [9.17, 15) is 0 Å². The summed E-state index contributed by atoms with van der Waals surface area (Å²) >= 11 is 1.70. The van der Waals surface area contributed by atoms with E-state index in [4.69, 9.17) is 0 Å². The number of thiophene rings is 1. The van der Waals surface area contributed by atoms with Crippen molar-refractivity contribution in [2.45, 2.75) is 6.54 Å². The third kappa shape index (κ3) is 5.78. The monoisotopic (exact) mass is 337 g/mol. The number of halogens is 1. The minimum absolute atomic E-state index is 0. The van der Waals surface area contributed by atoms with E-state index < -0.39 is 0 Å². The fraction of sp³-hybridized carbons (Fsp3) is 0.300. The molecule has 5 heteroatoms. The Kier molecular flexibility index (Phi) is 8.40. The summed E-state index contributed by atoms with van der Waals surface area (Å²) in [6.45, 7) is 5.16. The summed E-state index contributed by atoms with van der Waals surface area (Å²) in [4.78, 5) is 4.08. The number of rotatable bonds is 4. The van der Waals surface area contributed by atoms with Crippen LogP contribution in [0.2, 0.25) is 0 Å². The predicted molar refractivity (Wildman–Crippen MR) is 78.1 cm³/mol. The second-order valence-corrected chi connectivity index (χ2v) is 3.51. The normalized spacial score (nSPS) is 10.3. The minimum atomic E-state index is 0. The van der Waals surface area contributed by atoms with Gasteiger partial charge >= 0.3 is 0 Å². The van der Waals surface area contributed by atoms with Crippen molar-refractivity contribution in [3.05, 3.63) is 35.0 Å². The highest BCUT2D eigenvalue weighted by Gasteiger charge is 1.96. The van der Waals surface area contributed by atoms with Crippen LogP contribution in [0.5, 0.6) is 0 Å². The van der Waals surface area contributed by atoms with Gasteiger partial charge in [-0.05, 0) is 22.4 Å². The van der Waals surface area contributed by atoms with E-state index >= 15 is 0 Å². The number of nitrogens with zero attached hydrogens (tertiary/aromatic N) is 1. The third-order valence-corrected chi connectivity index (χ3v) is 2.41. The van der Waals surface area contributed by atoms with Crippen molar-refractivity contribution in [2.75, 3.05) is 13.6 Å². The van der Waals surface area contributed by atoms with Crippen molar-refractivity contribution in [3.8, 4) is 0 Å². The SMILES string of the molecule is C=CCNC(=NC)NCc1ccsc1.I. The zero-order valence-corrected chi connectivity index (χ0v) is 11.8. The van der Waals surface area contributed by atoms with Crippen LogP contribution in [0.4, 0.5) is 0 Å². The van der Waals surface area contributed by atoms with Crippen LogP contribution in [0.3, 0.4) is 0 Å². The molecule has 2 N–H and O–H groups in total. The van der Waals surface area contributed by atoms with Gasteiger partial charge in [-0.3, -0.25) is 4.99 Å². The molecular formula is C10H16IN3S. The Morgan fingerprint density at radius 1 is 1.60 bits per heavy atom. The summed E-state index contributed by atoms with van der Waals surface area (Å²) < 4.78 is 0. The Morgan fingerprint density at radius 3 is 2.93 bits per heavy atom. The predicted octanol–water partition coefficient (Wildman–Crippen LogP) is 2.22. The van der Waals surface area contributed by atoms with Gasteiger partial charge in [0.2, 0.25) is 0 Å².